The molecule has 0 N–H and O–H groups in total. The molecule has 0 aliphatic heterocycles. The lowest BCUT2D eigenvalue weighted by molar-refractivity contribution is -0.0388. The fourth-order valence-electron chi connectivity index (χ4n) is 1.93. The Hall–Kier alpha value is -0.710. The number of ether oxygens (including phenoxy) is 3. The zero-order valence-corrected chi connectivity index (χ0v) is 13.0. The van der Waals surface area contributed by atoms with Gasteiger partial charge in [-0.2, -0.15) is 0 Å². The highest BCUT2D eigenvalue weighted by molar-refractivity contribution is 7.80. The fraction of sp³-hybridized carbons (Fsp3) is 0.600. The number of unbranched alkanes of at least 4 members (excludes halogenated alkanes) is 1. The summed E-state index contributed by atoms with van der Waals surface area (Å²) >= 11 is 4.43. The number of hydrogen-bond donors (Lipinski definition) is 1. The van der Waals surface area contributed by atoms with E-state index in [2.05, 4.69) is 32.5 Å². The molecule has 0 saturated carbocycles. The number of methoxy groups -OCH3 is 1. The molecule has 0 amide bonds. The molecule has 3 nitrogen and oxygen atoms in total. The summed E-state index contributed by atoms with van der Waals surface area (Å²) in [4.78, 5) is 0.992. The van der Waals surface area contributed by atoms with Crippen molar-refractivity contribution in [2.45, 2.75) is 38.0 Å². The molecule has 0 radical (unpaired) electrons. The molecule has 0 saturated heterocycles. The molecule has 1 rings (SSSR count). The molecule has 1 aromatic carbocycles. The molecule has 0 unspecified atom stereocenters. The summed E-state index contributed by atoms with van der Waals surface area (Å²) in [6, 6.07) is 4.13. The first-order chi connectivity index (χ1) is 9.19. The SMILES string of the molecule is CCCCc1cc(S)cc(C)c1OCCOCOC. The molecule has 0 aliphatic rings. The monoisotopic (exact) mass is 284 g/mol. The van der Waals surface area contributed by atoms with E-state index in [0.717, 1.165) is 29.1 Å². The first kappa shape index (κ1) is 16.3. The molecule has 4 heteroatoms. The van der Waals surface area contributed by atoms with Crippen LogP contribution in [0.25, 0.3) is 0 Å². The highest BCUT2D eigenvalue weighted by Crippen LogP contribution is 2.28. The lowest BCUT2D eigenvalue weighted by Crippen LogP contribution is -2.10. The zero-order chi connectivity index (χ0) is 14.1. The first-order valence-corrected chi connectivity index (χ1v) is 7.15. The van der Waals surface area contributed by atoms with Crippen LogP contribution in [0.1, 0.15) is 30.9 Å². The van der Waals surface area contributed by atoms with Gasteiger partial charge in [0.25, 0.3) is 0 Å². The molecule has 0 aliphatic carbocycles. The Balaban J connectivity index is 2.63. The van der Waals surface area contributed by atoms with Crippen molar-refractivity contribution in [3.63, 3.8) is 0 Å². The quantitative estimate of drug-likeness (QED) is 0.426. The standard InChI is InChI=1S/C15H24O3S/c1-4-5-6-13-10-14(19)9-12(2)15(13)18-8-7-17-11-16-3/h9-10,19H,4-8,11H2,1-3H3. The minimum absolute atomic E-state index is 0.306. The summed E-state index contributed by atoms with van der Waals surface area (Å²) in [6.45, 7) is 5.62. The van der Waals surface area contributed by atoms with Gasteiger partial charge >= 0.3 is 0 Å². The Morgan fingerprint density at radius 3 is 2.68 bits per heavy atom. The van der Waals surface area contributed by atoms with E-state index in [9.17, 15) is 0 Å². The highest BCUT2D eigenvalue weighted by atomic mass is 32.1. The maximum absolute atomic E-state index is 5.85. The van der Waals surface area contributed by atoms with Crippen LogP contribution in [-0.4, -0.2) is 27.1 Å². The third-order valence-corrected chi connectivity index (χ3v) is 3.07. The van der Waals surface area contributed by atoms with Crippen molar-refractivity contribution in [1.29, 1.82) is 0 Å². The van der Waals surface area contributed by atoms with Crippen LogP contribution in [0.2, 0.25) is 0 Å². The smallest absolute Gasteiger partial charge is 0.146 e. The Labute approximate surface area is 121 Å². The van der Waals surface area contributed by atoms with Crippen LogP contribution in [0.4, 0.5) is 0 Å². The molecule has 0 aromatic heterocycles. The van der Waals surface area contributed by atoms with Gasteiger partial charge in [0.2, 0.25) is 0 Å². The summed E-state index contributed by atoms with van der Waals surface area (Å²) in [5, 5.41) is 0. The third-order valence-electron chi connectivity index (χ3n) is 2.81. The van der Waals surface area contributed by atoms with E-state index >= 15 is 0 Å². The predicted octanol–water partition coefficient (Wildman–Crippen LogP) is 3.63. The van der Waals surface area contributed by atoms with E-state index in [-0.39, 0.29) is 0 Å². The fourth-order valence-corrected chi connectivity index (χ4v) is 2.28. The van der Waals surface area contributed by atoms with Crippen LogP contribution < -0.4 is 4.74 Å². The van der Waals surface area contributed by atoms with Gasteiger partial charge in [-0.3, -0.25) is 0 Å². The molecule has 0 heterocycles. The van der Waals surface area contributed by atoms with Gasteiger partial charge in [-0.05, 0) is 43.0 Å². The number of aryl methyl sites for hydroxylation is 2. The van der Waals surface area contributed by atoms with Gasteiger partial charge in [0.1, 0.15) is 19.1 Å². The Bertz CT molecular complexity index is 380. The van der Waals surface area contributed by atoms with Crippen LogP contribution in [0.5, 0.6) is 5.75 Å². The largest absolute Gasteiger partial charge is 0.491 e. The van der Waals surface area contributed by atoms with Crippen LogP contribution in [0.3, 0.4) is 0 Å². The van der Waals surface area contributed by atoms with Gasteiger partial charge in [0, 0.05) is 12.0 Å². The van der Waals surface area contributed by atoms with Crippen LogP contribution in [0.15, 0.2) is 17.0 Å². The van der Waals surface area contributed by atoms with Crippen molar-refractivity contribution >= 4 is 12.6 Å². The van der Waals surface area contributed by atoms with Crippen LogP contribution in [-0.2, 0) is 15.9 Å². The van der Waals surface area contributed by atoms with Crippen molar-refractivity contribution in [1.82, 2.24) is 0 Å². The maximum Gasteiger partial charge on any atom is 0.146 e. The molecule has 0 bridgehead atoms. The Morgan fingerprint density at radius 2 is 2.00 bits per heavy atom. The summed E-state index contributed by atoms with van der Waals surface area (Å²) in [7, 11) is 1.61. The van der Waals surface area contributed by atoms with Gasteiger partial charge in [-0.15, -0.1) is 12.6 Å². The normalized spacial score (nSPS) is 10.7. The van der Waals surface area contributed by atoms with E-state index in [1.165, 1.54) is 12.0 Å². The van der Waals surface area contributed by atoms with Crippen molar-refractivity contribution in [2.75, 3.05) is 27.1 Å². The minimum Gasteiger partial charge on any atom is -0.491 e. The van der Waals surface area contributed by atoms with Crippen molar-refractivity contribution in [2.24, 2.45) is 0 Å². The number of benzene rings is 1. The summed E-state index contributed by atoms with van der Waals surface area (Å²) in [5.74, 6) is 0.979. The average molecular weight is 284 g/mol. The summed E-state index contributed by atoms with van der Waals surface area (Å²) < 4.78 is 15.9. The van der Waals surface area contributed by atoms with Gasteiger partial charge in [0.05, 0.1) is 6.61 Å². The zero-order valence-electron chi connectivity index (χ0n) is 12.1. The molecule has 1 aromatic rings. The minimum atomic E-state index is 0.306. The van der Waals surface area contributed by atoms with E-state index < -0.39 is 0 Å². The van der Waals surface area contributed by atoms with Crippen molar-refractivity contribution in [3.8, 4) is 5.75 Å². The molecule has 0 atom stereocenters. The first-order valence-electron chi connectivity index (χ1n) is 6.71. The lowest BCUT2D eigenvalue weighted by atomic mass is 10.0. The second-order valence-corrected chi connectivity index (χ2v) is 5.03. The average Bonchev–Trinajstić information content (AvgIpc) is 2.38. The van der Waals surface area contributed by atoms with E-state index in [0.29, 0.717) is 20.0 Å². The van der Waals surface area contributed by atoms with Crippen LogP contribution >= 0.6 is 12.6 Å². The molecule has 0 fully saturated rings. The third kappa shape index (κ3) is 5.85. The van der Waals surface area contributed by atoms with E-state index in [4.69, 9.17) is 14.2 Å². The van der Waals surface area contributed by atoms with Crippen LogP contribution in [0, 0.1) is 6.92 Å². The number of rotatable bonds is 9. The molecule has 108 valence electrons. The Morgan fingerprint density at radius 1 is 1.21 bits per heavy atom. The number of thiol groups is 1. The van der Waals surface area contributed by atoms with Gasteiger partial charge < -0.3 is 14.2 Å². The second kappa shape index (κ2) is 9.23. The molecular weight excluding hydrogens is 260 g/mol. The number of hydrogen-bond acceptors (Lipinski definition) is 4. The topological polar surface area (TPSA) is 27.7 Å². The maximum atomic E-state index is 5.85. The lowest BCUT2D eigenvalue weighted by Gasteiger charge is -2.15. The Kier molecular flexibility index (Phi) is 7.94. The van der Waals surface area contributed by atoms with Gasteiger partial charge in [-0.25, -0.2) is 0 Å². The second-order valence-electron chi connectivity index (χ2n) is 4.52. The predicted molar refractivity (Wildman–Crippen MR) is 80.4 cm³/mol. The van der Waals surface area contributed by atoms with Gasteiger partial charge in [-0.1, -0.05) is 13.3 Å². The summed E-state index contributed by atoms with van der Waals surface area (Å²) in [5.41, 5.74) is 2.36. The van der Waals surface area contributed by atoms with Gasteiger partial charge in [0.15, 0.2) is 0 Å². The van der Waals surface area contributed by atoms with E-state index in [1.807, 2.05) is 6.07 Å². The molecular formula is C15H24O3S. The summed E-state index contributed by atoms with van der Waals surface area (Å²) in [6.07, 6.45) is 3.36. The highest BCUT2D eigenvalue weighted by Gasteiger charge is 2.08. The molecule has 0 spiro atoms. The van der Waals surface area contributed by atoms with E-state index in [1.54, 1.807) is 7.11 Å². The molecule has 19 heavy (non-hydrogen) atoms. The van der Waals surface area contributed by atoms with Crippen molar-refractivity contribution < 1.29 is 14.2 Å². The van der Waals surface area contributed by atoms with Crippen molar-refractivity contribution in [3.05, 3.63) is 23.3 Å².